The molecule has 1 aromatic heterocycles. The number of hydrogen-bond donors (Lipinski definition) is 2. The Morgan fingerprint density at radius 2 is 2.22 bits per heavy atom. The van der Waals surface area contributed by atoms with Gasteiger partial charge in [-0.25, -0.2) is 0 Å². The van der Waals surface area contributed by atoms with Gasteiger partial charge in [0.2, 0.25) is 11.0 Å². The number of thioether (sulfide) groups is 1. The van der Waals surface area contributed by atoms with E-state index in [9.17, 15) is 9.59 Å². The number of amides is 2. The lowest BCUT2D eigenvalue weighted by atomic mass is 10.2. The van der Waals surface area contributed by atoms with E-state index in [0.717, 1.165) is 19.4 Å². The topological polar surface area (TPSA) is 102 Å². The van der Waals surface area contributed by atoms with Gasteiger partial charge >= 0.3 is 0 Å². The molecule has 1 atom stereocenters. The molecule has 0 unspecified atom stereocenters. The van der Waals surface area contributed by atoms with Crippen molar-refractivity contribution in [3.05, 3.63) is 29.8 Å². The molecule has 0 radical (unpaired) electrons. The number of aromatic nitrogens is 2. The van der Waals surface area contributed by atoms with Gasteiger partial charge in [-0.3, -0.25) is 14.9 Å². The molecule has 0 saturated carbocycles. The highest BCUT2D eigenvalue weighted by Gasteiger charge is 2.17. The van der Waals surface area contributed by atoms with E-state index in [4.69, 9.17) is 9.47 Å². The van der Waals surface area contributed by atoms with Crippen molar-refractivity contribution in [2.24, 2.45) is 0 Å². The Labute approximate surface area is 165 Å². The van der Waals surface area contributed by atoms with E-state index < -0.39 is 11.8 Å². The first kappa shape index (κ1) is 19.6. The molecule has 2 amide bonds. The van der Waals surface area contributed by atoms with Gasteiger partial charge in [0.15, 0.2) is 4.34 Å². The molecule has 1 saturated heterocycles. The van der Waals surface area contributed by atoms with Crippen molar-refractivity contribution in [2.45, 2.75) is 23.3 Å². The molecular weight excluding hydrogens is 388 g/mol. The van der Waals surface area contributed by atoms with Gasteiger partial charge in [0.25, 0.3) is 5.91 Å². The predicted molar refractivity (Wildman–Crippen MR) is 104 cm³/mol. The summed E-state index contributed by atoms with van der Waals surface area (Å²) in [6.07, 6.45) is 2.36. The average molecular weight is 409 g/mol. The molecule has 2 heterocycles. The van der Waals surface area contributed by atoms with Crippen molar-refractivity contribution in [3.8, 4) is 5.75 Å². The zero-order valence-electron chi connectivity index (χ0n) is 14.8. The summed E-state index contributed by atoms with van der Waals surface area (Å²) in [6.45, 7) is 1.51. The Morgan fingerprint density at radius 3 is 3.00 bits per heavy atom. The molecule has 2 N–H and O–H groups in total. The van der Waals surface area contributed by atoms with Crippen LogP contribution in [-0.2, 0) is 9.53 Å². The van der Waals surface area contributed by atoms with Crippen LogP contribution in [0.2, 0.25) is 0 Å². The molecule has 1 aliphatic heterocycles. The van der Waals surface area contributed by atoms with Crippen LogP contribution in [0.4, 0.5) is 5.13 Å². The van der Waals surface area contributed by atoms with Crippen molar-refractivity contribution in [3.63, 3.8) is 0 Å². The summed E-state index contributed by atoms with van der Waals surface area (Å²) in [4.78, 5) is 24.2. The predicted octanol–water partition coefficient (Wildman–Crippen LogP) is 2.19. The van der Waals surface area contributed by atoms with E-state index in [1.54, 1.807) is 24.3 Å². The van der Waals surface area contributed by atoms with Crippen LogP contribution in [0.15, 0.2) is 28.6 Å². The fourth-order valence-electron chi connectivity index (χ4n) is 2.54. The van der Waals surface area contributed by atoms with Crippen molar-refractivity contribution >= 4 is 40.0 Å². The Bertz CT molecular complexity index is 793. The number of methoxy groups -OCH3 is 1. The Hall–Kier alpha value is -2.17. The minimum atomic E-state index is -0.491. The van der Waals surface area contributed by atoms with Crippen LogP contribution >= 0.6 is 23.1 Å². The number of nitrogens with zero attached hydrogens (tertiary/aromatic N) is 2. The number of carbonyl (C=O) groups excluding carboxylic acids is 2. The van der Waals surface area contributed by atoms with Crippen molar-refractivity contribution in [2.75, 3.05) is 31.3 Å². The first-order valence-electron chi connectivity index (χ1n) is 8.44. The van der Waals surface area contributed by atoms with Crippen LogP contribution in [-0.4, -0.2) is 54.1 Å². The standard InChI is InChI=1S/C17H20N4O4S2/c1-24-13-7-3-2-6-12(13)15(23)19-14(22)10-26-17-21-20-16(27-17)18-9-11-5-4-8-25-11/h2-3,6-7,11H,4-5,8-10H2,1H3,(H,18,20)(H,19,22,23)/t11-/m1/s1. The molecule has 8 nitrogen and oxygen atoms in total. The van der Waals surface area contributed by atoms with Crippen LogP contribution in [0, 0.1) is 0 Å². The molecular formula is C17H20N4O4S2. The number of rotatable bonds is 8. The Morgan fingerprint density at radius 1 is 1.37 bits per heavy atom. The summed E-state index contributed by atoms with van der Waals surface area (Å²) in [5, 5.41) is 14.3. The largest absolute Gasteiger partial charge is 0.496 e. The van der Waals surface area contributed by atoms with Crippen LogP contribution in [0.5, 0.6) is 5.75 Å². The van der Waals surface area contributed by atoms with Gasteiger partial charge < -0.3 is 14.8 Å². The second-order valence-corrected chi connectivity index (χ2v) is 7.96. The van der Waals surface area contributed by atoms with Gasteiger partial charge in [0.1, 0.15) is 5.75 Å². The monoisotopic (exact) mass is 408 g/mol. The fraction of sp³-hybridized carbons (Fsp3) is 0.412. The number of ether oxygens (including phenoxy) is 2. The summed E-state index contributed by atoms with van der Waals surface area (Å²) < 4.78 is 11.3. The molecule has 10 heteroatoms. The van der Waals surface area contributed by atoms with E-state index in [2.05, 4.69) is 20.8 Å². The minimum absolute atomic E-state index is 0.0707. The third kappa shape index (κ3) is 5.65. The fourth-order valence-corrected chi connectivity index (χ4v) is 4.09. The highest BCUT2D eigenvalue weighted by Crippen LogP contribution is 2.26. The molecule has 3 rings (SSSR count). The zero-order valence-corrected chi connectivity index (χ0v) is 16.4. The lowest BCUT2D eigenvalue weighted by Crippen LogP contribution is -2.32. The molecule has 0 bridgehead atoms. The van der Waals surface area contributed by atoms with E-state index in [1.165, 1.54) is 30.2 Å². The second-order valence-electron chi connectivity index (χ2n) is 5.76. The molecule has 0 aliphatic carbocycles. The number of para-hydroxylation sites is 1. The average Bonchev–Trinajstić information content (AvgIpc) is 3.36. The summed E-state index contributed by atoms with van der Waals surface area (Å²) >= 11 is 2.60. The van der Waals surface area contributed by atoms with Gasteiger partial charge in [0, 0.05) is 13.2 Å². The first-order valence-corrected chi connectivity index (χ1v) is 10.2. The Balaban J connectivity index is 1.44. The maximum Gasteiger partial charge on any atom is 0.261 e. The molecule has 144 valence electrons. The summed E-state index contributed by atoms with van der Waals surface area (Å²) in [7, 11) is 1.48. The molecule has 1 aliphatic rings. The minimum Gasteiger partial charge on any atom is -0.496 e. The zero-order chi connectivity index (χ0) is 19.1. The van der Waals surface area contributed by atoms with Gasteiger partial charge in [-0.05, 0) is 25.0 Å². The number of imide groups is 1. The molecule has 1 aromatic carbocycles. The van der Waals surface area contributed by atoms with Crippen LogP contribution < -0.4 is 15.4 Å². The van der Waals surface area contributed by atoms with Crippen molar-refractivity contribution in [1.29, 1.82) is 0 Å². The number of anilines is 1. The molecule has 0 spiro atoms. The summed E-state index contributed by atoms with van der Waals surface area (Å²) in [5.74, 6) is -0.405. The smallest absolute Gasteiger partial charge is 0.261 e. The Kier molecular flexibility index (Phi) is 7.02. The van der Waals surface area contributed by atoms with E-state index in [0.29, 0.717) is 27.3 Å². The second kappa shape index (κ2) is 9.67. The quantitative estimate of drug-likeness (QED) is 0.641. The van der Waals surface area contributed by atoms with E-state index in [1.807, 2.05) is 0 Å². The highest BCUT2D eigenvalue weighted by atomic mass is 32.2. The third-order valence-electron chi connectivity index (χ3n) is 3.84. The van der Waals surface area contributed by atoms with Gasteiger partial charge in [-0.1, -0.05) is 35.2 Å². The summed E-state index contributed by atoms with van der Waals surface area (Å²) in [6, 6.07) is 6.74. The number of carbonyl (C=O) groups is 2. The van der Waals surface area contributed by atoms with Crippen molar-refractivity contribution < 1.29 is 19.1 Å². The third-order valence-corrected chi connectivity index (χ3v) is 5.86. The molecule has 27 heavy (non-hydrogen) atoms. The van der Waals surface area contributed by atoms with Crippen molar-refractivity contribution in [1.82, 2.24) is 15.5 Å². The van der Waals surface area contributed by atoms with Gasteiger partial charge in [-0.2, -0.15) is 0 Å². The van der Waals surface area contributed by atoms with E-state index in [-0.39, 0.29) is 11.9 Å². The number of hydrogen-bond acceptors (Lipinski definition) is 9. The lowest BCUT2D eigenvalue weighted by Gasteiger charge is -2.08. The number of benzene rings is 1. The van der Waals surface area contributed by atoms with E-state index >= 15 is 0 Å². The maximum atomic E-state index is 12.2. The first-order chi connectivity index (χ1) is 13.2. The summed E-state index contributed by atoms with van der Waals surface area (Å²) in [5.41, 5.74) is 0.315. The highest BCUT2D eigenvalue weighted by molar-refractivity contribution is 8.01. The molecule has 1 fully saturated rings. The normalized spacial score (nSPS) is 16.1. The SMILES string of the molecule is COc1ccccc1C(=O)NC(=O)CSc1nnc(NC[C@H]2CCCO2)s1. The van der Waals surface area contributed by atoms with Crippen LogP contribution in [0.3, 0.4) is 0 Å². The van der Waals surface area contributed by atoms with Gasteiger partial charge in [0.05, 0.1) is 24.5 Å². The lowest BCUT2D eigenvalue weighted by molar-refractivity contribution is -0.117. The van der Waals surface area contributed by atoms with Gasteiger partial charge in [-0.15, -0.1) is 10.2 Å². The number of nitrogens with one attached hydrogen (secondary N) is 2. The maximum absolute atomic E-state index is 12.2. The van der Waals surface area contributed by atoms with Crippen LogP contribution in [0.1, 0.15) is 23.2 Å². The van der Waals surface area contributed by atoms with Crippen LogP contribution in [0.25, 0.3) is 0 Å². The molecule has 2 aromatic rings.